The smallest absolute Gasteiger partial charge is 0.220 e. The first-order valence-electron chi connectivity index (χ1n) is 12.9. The number of aryl methyl sites for hydroxylation is 1. The summed E-state index contributed by atoms with van der Waals surface area (Å²) in [6.07, 6.45) is 4.13. The van der Waals surface area contributed by atoms with Gasteiger partial charge >= 0.3 is 0 Å². The summed E-state index contributed by atoms with van der Waals surface area (Å²) in [5.41, 5.74) is 8.72. The average Bonchev–Trinajstić information content (AvgIpc) is 2.92. The van der Waals surface area contributed by atoms with Gasteiger partial charge in [0.15, 0.2) is 11.5 Å². The first-order chi connectivity index (χ1) is 17.7. The molecule has 0 saturated heterocycles. The minimum atomic E-state index is 0.0642. The fourth-order valence-electron chi connectivity index (χ4n) is 3.72. The van der Waals surface area contributed by atoms with E-state index in [0.29, 0.717) is 44.1 Å². The molecule has 0 aromatic heterocycles. The van der Waals surface area contributed by atoms with Crippen molar-refractivity contribution in [1.29, 1.82) is 0 Å². The van der Waals surface area contributed by atoms with Crippen LogP contribution in [0.1, 0.15) is 42.4 Å². The van der Waals surface area contributed by atoms with Crippen LogP contribution in [0.4, 0.5) is 0 Å². The van der Waals surface area contributed by atoms with Gasteiger partial charge in [-0.3, -0.25) is 4.79 Å². The molecule has 0 bridgehead atoms. The number of hydrogen-bond donors (Lipinski definition) is 3. The van der Waals surface area contributed by atoms with Gasteiger partial charge in [-0.2, -0.15) is 0 Å². The Morgan fingerprint density at radius 2 is 1.33 bits per heavy atom. The lowest BCUT2D eigenvalue weighted by Crippen LogP contribution is -2.27. The highest BCUT2D eigenvalue weighted by Crippen LogP contribution is 2.30. The van der Waals surface area contributed by atoms with Crippen LogP contribution in [-0.2, 0) is 24.4 Å². The highest BCUT2D eigenvalue weighted by atomic mass is 16.5. The maximum atomic E-state index is 12.3. The SMILES string of the molecule is NCCCCNCCCNC(=O)CCc1ccc(OCc2ccccc2)c(OCc2ccccc2)c1. The number of carbonyl (C=O) groups is 1. The molecule has 1 amide bonds. The first-order valence-corrected chi connectivity index (χ1v) is 12.9. The van der Waals surface area contributed by atoms with E-state index in [4.69, 9.17) is 15.2 Å². The Balaban J connectivity index is 1.49. The van der Waals surface area contributed by atoms with E-state index in [0.717, 1.165) is 55.6 Å². The van der Waals surface area contributed by atoms with Gasteiger partial charge in [-0.05, 0) is 74.1 Å². The Labute approximate surface area is 215 Å². The molecular weight excluding hydrogens is 450 g/mol. The molecule has 3 aromatic carbocycles. The van der Waals surface area contributed by atoms with E-state index < -0.39 is 0 Å². The number of nitrogens with two attached hydrogens (primary N) is 1. The van der Waals surface area contributed by atoms with Crippen molar-refractivity contribution in [3.63, 3.8) is 0 Å². The van der Waals surface area contributed by atoms with E-state index in [1.165, 1.54) is 0 Å². The summed E-state index contributed by atoms with van der Waals surface area (Å²) in [7, 11) is 0. The van der Waals surface area contributed by atoms with Gasteiger partial charge in [0.05, 0.1) is 0 Å². The molecule has 0 spiro atoms. The number of hydrogen-bond acceptors (Lipinski definition) is 5. The fourth-order valence-corrected chi connectivity index (χ4v) is 3.72. The zero-order valence-electron chi connectivity index (χ0n) is 21.1. The Bertz CT molecular complexity index is 1010. The second-order valence-corrected chi connectivity index (χ2v) is 8.78. The Morgan fingerprint density at radius 1 is 0.694 bits per heavy atom. The van der Waals surface area contributed by atoms with Crippen LogP contribution in [0.25, 0.3) is 0 Å². The highest BCUT2D eigenvalue weighted by Gasteiger charge is 2.10. The zero-order chi connectivity index (χ0) is 25.3. The van der Waals surface area contributed by atoms with Crippen molar-refractivity contribution in [3.8, 4) is 11.5 Å². The first kappa shape index (κ1) is 27.2. The predicted molar refractivity (Wildman–Crippen MR) is 145 cm³/mol. The zero-order valence-corrected chi connectivity index (χ0v) is 21.1. The number of nitrogens with one attached hydrogen (secondary N) is 2. The van der Waals surface area contributed by atoms with Gasteiger partial charge in [0.1, 0.15) is 13.2 Å². The summed E-state index contributed by atoms with van der Waals surface area (Å²) < 4.78 is 12.2. The van der Waals surface area contributed by atoms with Gasteiger partial charge in [-0.1, -0.05) is 66.7 Å². The van der Waals surface area contributed by atoms with E-state index in [2.05, 4.69) is 10.6 Å². The lowest BCUT2D eigenvalue weighted by Gasteiger charge is -2.15. The van der Waals surface area contributed by atoms with Crippen molar-refractivity contribution < 1.29 is 14.3 Å². The number of ether oxygens (including phenoxy) is 2. The quantitative estimate of drug-likeness (QED) is 0.241. The van der Waals surface area contributed by atoms with Crippen molar-refractivity contribution in [2.24, 2.45) is 5.73 Å². The van der Waals surface area contributed by atoms with E-state index in [-0.39, 0.29) is 5.91 Å². The lowest BCUT2D eigenvalue weighted by atomic mass is 10.1. The maximum absolute atomic E-state index is 12.3. The Kier molecular flexibility index (Phi) is 12.4. The lowest BCUT2D eigenvalue weighted by molar-refractivity contribution is -0.121. The molecule has 0 saturated carbocycles. The third-order valence-corrected chi connectivity index (χ3v) is 5.78. The molecule has 0 aliphatic rings. The van der Waals surface area contributed by atoms with Crippen LogP contribution < -0.4 is 25.8 Å². The largest absolute Gasteiger partial charge is 0.485 e. The molecule has 0 unspecified atom stereocenters. The molecule has 36 heavy (non-hydrogen) atoms. The van der Waals surface area contributed by atoms with Gasteiger partial charge in [0.2, 0.25) is 5.91 Å². The van der Waals surface area contributed by atoms with E-state index in [1.54, 1.807) is 0 Å². The summed E-state index contributed by atoms with van der Waals surface area (Å²) in [5, 5.41) is 6.39. The monoisotopic (exact) mass is 489 g/mol. The minimum absolute atomic E-state index is 0.0642. The van der Waals surface area contributed by atoms with Crippen LogP contribution in [-0.4, -0.2) is 32.1 Å². The topological polar surface area (TPSA) is 85.6 Å². The molecule has 192 valence electrons. The molecule has 3 aromatic rings. The molecule has 0 radical (unpaired) electrons. The summed E-state index contributed by atoms with van der Waals surface area (Å²) >= 11 is 0. The van der Waals surface area contributed by atoms with Crippen molar-refractivity contribution in [2.45, 2.75) is 45.3 Å². The van der Waals surface area contributed by atoms with Crippen molar-refractivity contribution in [3.05, 3.63) is 95.6 Å². The predicted octanol–water partition coefficient (Wildman–Crippen LogP) is 4.61. The minimum Gasteiger partial charge on any atom is -0.485 e. The summed E-state index contributed by atoms with van der Waals surface area (Å²) in [5.74, 6) is 1.45. The number of unbranched alkanes of at least 4 members (excludes halogenated alkanes) is 1. The molecule has 6 nitrogen and oxygen atoms in total. The van der Waals surface area contributed by atoms with Crippen molar-refractivity contribution >= 4 is 5.91 Å². The van der Waals surface area contributed by atoms with Crippen LogP contribution in [0.2, 0.25) is 0 Å². The Hall–Kier alpha value is -3.35. The van der Waals surface area contributed by atoms with Gasteiger partial charge in [-0.25, -0.2) is 0 Å². The standard InChI is InChI=1S/C30H39N3O3/c31-18-7-8-19-32-20-9-21-33-30(34)17-15-25-14-16-28(35-23-26-10-3-1-4-11-26)29(22-25)36-24-27-12-5-2-6-13-27/h1-6,10-14,16,22,32H,7-9,15,17-21,23-24,31H2,(H,33,34). The van der Waals surface area contributed by atoms with Crippen LogP contribution in [0.15, 0.2) is 78.9 Å². The normalized spacial score (nSPS) is 10.7. The van der Waals surface area contributed by atoms with E-state index in [1.807, 2.05) is 78.9 Å². The summed E-state index contributed by atoms with van der Waals surface area (Å²) in [4.78, 5) is 12.3. The average molecular weight is 490 g/mol. The summed E-state index contributed by atoms with van der Waals surface area (Å²) in [6.45, 7) is 4.21. The van der Waals surface area contributed by atoms with Crippen LogP contribution >= 0.6 is 0 Å². The number of benzene rings is 3. The molecule has 6 heteroatoms. The third kappa shape index (κ3) is 10.5. The van der Waals surface area contributed by atoms with Gasteiger partial charge in [0.25, 0.3) is 0 Å². The summed E-state index contributed by atoms with van der Waals surface area (Å²) in [6, 6.07) is 26.1. The molecule has 0 aliphatic heterocycles. The van der Waals surface area contributed by atoms with Crippen LogP contribution in [0, 0.1) is 0 Å². The number of amides is 1. The van der Waals surface area contributed by atoms with Crippen molar-refractivity contribution in [1.82, 2.24) is 10.6 Å². The maximum Gasteiger partial charge on any atom is 0.220 e. The molecule has 3 rings (SSSR count). The molecule has 0 aliphatic carbocycles. The fraction of sp³-hybridized carbons (Fsp3) is 0.367. The van der Waals surface area contributed by atoms with Gasteiger partial charge in [0, 0.05) is 13.0 Å². The second kappa shape index (κ2) is 16.3. The van der Waals surface area contributed by atoms with Crippen LogP contribution in [0.3, 0.4) is 0 Å². The molecule has 0 heterocycles. The molecule has 0 fully saturated rings. The second-order valence-electron chi connectivity index (χ2n) is 8.78. The number of rotatable bonds is 17. The van der Waals surface area contributed by atoms with Gasteiger partial charge in [-0.15, -0.1) is 0 Å². The van der Waals surface area contributed by atoms with Crippen molar-refractivity contribution in [2.75, 3.05) is 26.2 Å². The van der Waals surface area contributed by atoms with E-state index in [9.17, 15) is 4.79 Å². The molecule has 4 N–H and O–H groups in total. The van der Waals surface area contributed by atoms with Crippen LogP contribution in [0.5, 0.6) is 11.5 Å². The molecular formula is C30H39N3O3. The molecule has 0 atom stereocenters. The van der Waals surface area contributed by atoms with E-state index >= 15 is 0 Å². The highest BCUT2D eigenvalue weighted by molar-refractivity contribution is 5.76. The Morgan fingerprint density at radius 3 is 2.00 bits per heavy atom. The van der Waals surface area contributed by atoms with Gasteiger partial charge < -0.3 is 25.8 Å². The third-order valence-electron chi connectivity index (χ3n) is 5.78. The number of carbonyl (C=O) groups excluding carboxylic acids is 1.